The first-order valence-corrected chi connectivity index (χ1v) is 11.5. The van der Waals surface area contributed by atoms with E-state index in [1.807, 2.05) is 22.9 Å². The van der Waals surface area contributed by atoms with E-state index in [1.165, 1.54) is 25.0 Å². The number of carbonyl (C=O) groups is 1. The minimum absolute atomic E-state index is 0.0674. The predicted octanol–water partition coefficient (Wildman–Crippen LogP) is 5.30. The van der Waals surface area contributed by atoms with Gasteiger partial charge in [0.05, 0.1) is 12.9 Å². The first-order chi connectivity index (χ1) is 15.7. The smallest absolute Gasteiger partial charge is 0.278 e. The van der Waals surface area contributed by atoms with E-state index in [9.17, 15) is 9.18 Å². The number of pyridine rings is 1. The maximum atomic E-state index is 13.6. The predicted molar refractivity (Wildman–Crippen MR) is 129 cm³/mol. The van der Waals surface area contributed by atoms with Crippen molar-refractivity contribution in [3.8, 4) is 0 Å². The Morgan fingerprint density at radius 3 is 2.42 bits per heavy atom. The number of hydrogen-bond acceptors (Lipinski definition) is 4. The molecule has 1 aromatic carbocycles. The minimum atomic E-state index is -0.341. The lowest BCUT2D eigenvalue weighted by molar-refractivity contribution is 0.0980. The quantitative estimate of drug-likeness (QED) is 0.468. The topological polar surface area (TPSA) is 54.3 Å². The van der Waals surface area contributed by atoms with Gasteiger partial charge in [-0.1, -0.05) is 26.8 Å². The van der Waals surface area contributed by atoms with E-state index in [0.29, 0.717) is 24.0 Å². The number of nitrogens with zero attached hydrogens (tertiary/aromatic N) is 5. The monoisotopic (exact) mass is 449 g/mol. The Balaban J connectivity index is 1.57. The molecule has 0 aliphatic heterocycles. The summed E-state index contributed by atoms with van der Waals surface area (Å²) in [6.45, 7) is 10.6. The summed E-state index contributed by atoms with van der Waals surface area (Å²) in [4.78, 5) is 26.4. The third kappa shape index (κ3) is 5.78. The fourth-order valence-electron chi connectivity index (χ4n) is 4.00. The maximum Gasteiger partial charge on any atom is 0.278 e. The summed E-state index contributed by atoms with van der Waals surface area (Å²) >= 11 is 0. The van der Waals surface area contributed by atoms with Gasteiger partial charge >= 0.3 is 0 Å². The SMILES string of the molecule is CCN(c1ccc(CN(C(=O)c2cn(CC(C)(C)C)cn2)c2ccc(F)cc2)cn1)C1CC1. The lowest BCUT2D eigenvalue weighted by atomic mass is 9.97. The second kappa shape index (κ2) is 9.33. The van der Waals surface area contributed by atoms with Crippen LogP contribution in [0, 0.1) is 11.2 Å². The van der Waals surface area contributed by atoms with Crippen molar-refractivity contribution in [2.75, 3.05) is 16.3 Å². The summed E-state index contributed by atoms with van der Waals surface area (Å²) in [5.74, 6) is 0.391. The molecule has 174 valence electrons. The number of carbonyl (C=O) groups excluding carboxylic acids is 1. The molecule has 7 heteroatoms. The van der Waals surface area contributed by atoms with Crippen LogP contribution in [0.3, 0.4) is 0 Å². The highest BCUT2D eigenvalue weighted by atomic mass is 19.1. The average Bonchev–Trinajstić information content (AvgIpc) is 3.51. The standard InChI is InChI=1S/C26H32FN5O/c1-5-31(21-11-12-21)24-13-6-19(14-28-24)15-32(22-9-7-20(27)8-10-22)25(33)23-16-30(18-29-23)17-26(2,3)4/h6-10,13-14,16,18,21H,5,11-12,15,17H2,1-4H3. The molecule has 0 bridgehead atoms. The first kappa shape index (κ1) is 23.0. The molecule has 2 heterocycles. The molecule has 0 atom stereocenters. The van der Waals surface area contributed by atoms with Gasteiger partial charge in [-0.05, 0) is 61.1 Å². The zero-order chi connectivity index (χ0) is 23.6. The first-order valence-electron chi connectivity index (χ1n) is 11.5. The van der Waals surface area contributed by atoms with Crippen molar-refractivity contribution in [1.29, 1.82) is 0 Å². The molecule has 1 fully saturated rings. The lowest BCUT2D eigenvalue weighted by Gasteiger charge is -2.24. The van der Waals surface area contributed by atoms with Gasteiger partial charge in [0.1, 0.15) is 17.3 Å². The number of aromatic nitrogens is 3. The molecule has 2 aromatic heterocycles. The molecule has 1 saturated carbocycles. The lowest BCUT2D eigenvalue weighted by Crippen LogP contribution is -2.31. The van der Waals surface area contributed by atoms with Crippen molar-refractivity contribution in [2.24, 2.45) is 5.41 Å². The Morgan fingerprint density at radius 1 is 1.12 bits per heavy atom. The number of rotatable bonds is 8. The molecule has 0 saturated heterocycles. The van der Waals surface area contributed by atoms with Gasteiger partial charge in [0.2, 0.25) is 0 Å². The summed E-state index contributed by atoms with van der Waals surface area (Å²) < 4.78 is 15.5. The van der Waals surface area contributed by atoms with Crippen LogP contribution in [0.4, 0.5) is 15.9 Å². The molecule has 1 aliphatic rings. The van der Waals surface area contributed by atoms with Gasteiger partial charge in [0.15, 0.2) is 0 Å². The molecular formula is C26H32FN5O. The van der Waals surface area contributed by atoms with E-state index < -0.39 is 0 Å². The fraction of sp³-hybridized carbons (Fsp3) is 0.423. The van der Waals surface area contributed by atoms with Crippen molar-refractivity contribution < 1.29 is 9.18 Å². The van der Waals surface area contributed by atoms with Crippen LogP contribution < -0.4 is 9.80 Å². The van der Waals surface area contributed by atoms with Crippen LogP contribution in [0.15, 0.2) is 55.1 Å². The Morgan fingerprint density at radius 2 is 1.85 bits per heavy atom. The number of anilines is 2. The molecule has 0 N–H and O–H groups in total. The number of imidazole rings is 1. The number of halogens is 1. The van der Waals surface area contributed by atoms with E-state index >= 15 is 0 Å². The van der Waals surface area contributed by atoms with E-state index in [1.54, 1.807) is 29.6 Å². The highest BCUT2D eigenvalue weighted by Crippen LogP contribution is 2.30. The van der Waals surface area contributed by atoms with Crippen LogP contribution in [0.5, 0.6) is 0 Å². The molecule has 0 spiro atoms. The third-order valence-electron chi connectivity index (χ3n) is 5.67. The van der Waals surface area contributed by atoms with Crippen molar-refractivity contribution in [3.63, 3.8) is 0 Å². The zero-order valence-electron chi connectivity index (χ0n) is 19.8. The number of hydrogen-bond donors (Lipinski definition) is 0. The summed E-state index contributed by atoms with van der Waals surface area (Å²) in [5.41, 5.74) is 1.94. The summed E-state index contributed by atoms with van der Waals surface area (Å²) in [6.07, 6.45) is 7.72. The Kier molecular flexibility index (Phi) is 6.49. The van der Waals surface area contributed by atoms with Crippen LogP contribution in [-0.2, 0) is 13.1 Å². The second-order valence-electron chi connectivity index (χ2n) is 9.90. The van der Waals surface area contributed by atoms with Crippen LogP contribution in [0.2, 0.25) is 0 Å². The summed E-state index contributed by atoms with van der Waals surface area (Å²) in [6, 6.07) is 10.6. The van der Waals surface area contributed by atoms with Gasteiger partial charge in [0.25, 0.3) is 5.91 Å². The van der Waals surface area contributed by atoms with Gasteiger partial charge < -0.3 is 14.4 Å². The van der Waals surface area contributed by atoms with Crippen LogP contribution in [-0.4, -0.2) is 33.0 Å². The third-order valence-corrected chi connectivity index (χ3v) is 5.67. The van der Waals surface area contributed by atoms with Crippen LogP contribution in [0.25, 0.3) is 0 Å². The molecule has 6 nitrogen and oxygen atoms in total. The van der Waals surface area contributed by atoms with Gasteiger partial charge in [-0.2, -0.15) is 0 Å². The van der Waals surface area contributed by atoms with Gasteiger partial charge in [-0.15, -0.1) is 0 Å². The van der Waals surface area contributed by atoms with Crippen molar-refractivity contribution in [2.45, 2.75) is 59.7 Å². The van der Waals surface area contributed by atoms with Crippen molar-refractivity contribution in [3.05, 3.63) is 72.2 Å². The Bertz CT molecular complexity index is 1080. The Hall–Kier alpha value is -3.22. The second-order valence-corrected chi connectivity index (χ2v) is 9.90. The molecule has 33 heavy (non-hydrogen) atoms. The normalized spacial score (nSPS) is 13.7. The van der Waals surface area contributed by atoms with E-state index in [2.05, 4.69) is 42.6 Å². The van der Waals surface area contributed by atoms with Crippen LogP contribution >= 0.6 is 0 Å². The van der Waals surface area contributed by atoms with Crippen molar-refractivity contribution in [1.82, 2.24) is 14.5 Å². The number of benzene rings is 1. The van der Waals surface area contributed by atoms with E-state index in [4.69, 9.17) is 0 Å². The zero-order valence-corrected chi connectivity index (χ0v) is 19.8. The van der Waals surface area contributed by atoms with E-state index in [-0.39, 0.29) is 17.1 Å². The minimum Gasteiger partial charge on any atom is -0.354 e. The van der Waals surface area contributed by atoms with Gasteiger partial charge in [0, 0.05) is 37.2 Å². The maximum absolute atomic E-state index is 13.6. The molecule has 0 unspecified atom stereocenters. The average molecular weight is 450 g/mol. The summed E-state index contributed by atoms with van der Waals surface area (Å²) in [7, 11) is 0. The molecule has 4 rings (SSSR count). The van der Waals surface area contributed by atoms with E-state index in [0.717, 1.165) is 24.5 Å². The fourth-order valence-corrected chi connectivity index (χ4v) is 4.00. The largest absolute Gasteiger partial charge is 0.354 e. The molecule has 1 aliphatic carbocycles. The molecular weight excluding hydrogens is 417 g/mol. The van der Waals surface area contributed by atoms with Crippen LogP contribution in [0.1, 0.15) is 56.6 Å². The van der Waals surface area contributed by atoms with Gasteiger partial charge in [-0.3, -0.25) is 4.79 Å². The molecule has 1 amide bonds. The van der Waals surface area contributed by atoms with Crippen molar-refractivity contribution >= 4 is 17.4 Å². The highest BCUT2D eigenvalue weighted by molar-refractivity contribution is 6.04. The van der Waals surface area contributed by atoms with Gasteiger partial charge in [-0.25, -0.2) is 14.4 Å². The molecule has 3 aromatic rings. The Labute approximate surface area is 195 Å². The number of amides is 1. The summed E-state index contributed by atoms with van der Waals surface area (Å²) in [5, 5.41) is 0. The molecule has 0 radical (unpaired) electrons. The highest BCUT2D eigenvalue weighted by Gasteiger charge is 2.29.